The van der Waals surface area contributed by atoms with Crippen LogP contribution in [0.25, 0.3) is 5.69 Å². The lowest BCUT2D eigenvalue weighted by Gasteiger charge is -2.18. The van der Waals surface area contributed by atoms with E-state index in [1.807, 2.05) is 47.2 Å². The van der Waals surface area contributed by atoms with E-state index in [-0.39, 0.29) is 18.2 Å². The Labute approximate surface area is 163 Å². The van der Waals surface area contributed by atoms with Gasteiger partial charge in [0.15, 0.2) is 0 Å². The highest BCUT2D eigenvalue weighted by molar-refractivity contribution is 5.91. The van der Waals surface area contributed by atoms with E-state index in [1.165, 1.54) is 6.92 Å². The minimum absolute atomic E-state index is 0.120. The molecule has 0 bridgehead atoms. The molecule has 0 spiro atoms. The van der Waals surface area contributed by atoms with Crippen molar-refractivity contribution in [2.45, 2.75) is 19.4 Å². The molecule has 3 aromatic rings. The van der Waals surface area contributed by atoms with Crippen molar-refractivity contribution < 1.29 is 14.3 Å². The Morgan fingerprint density at radius 3 is 2.39 bits per heavy atom. The van der Waals surface area contributed by atoms with E-state index >= 15 is 0 Å². The first-order valence-corrected chi connectivity index (χ1v) is 8.84. The summed E-state index contributed by atoms with van der Waals surface area (Å²) in [5, 5.41) is 5.70. The number of hydrogen-bond acceptors (Lipinski definition) is 4. The normalized spacial score (nSPS) is 11.5. The molecule has 0 aliphatic rings. The van der Waals surface area contributed by atoms with Gasteiger partial charge in [-0.05, 0) is 42.0 Å². The fourth-order valence-corrected chi connectivity index (χ4v) is 2.86. The van der Waals surface area contributed by atoms with Crippen LogP contribution >= 0.6 is 0 Å². The Kier molecular flexibility index (Phi) is 6.06. The third-order valence-corrected chi connectivity index (χ3v) is 4.24. The maximum atomic E-state index is 12.5. The quantitative estimate of drug-likeness (QED) is 0.662. The van der Waals surface area contributed by atoms with Crippen LogP contribution in [0, 0.1) is 0 Å². The van der Waals surface area contributed by atoms with Gasteiger partial charge in [-0.2, -0.15) is 0 Å². The topological polar surface area (TPSA) is 85.2 Å². The molecule has 7 heteroatoms. The van der Waals surface area contributed by atoms with Gasteiger partial charge in [0.25, 0.3) is 0 Å². The van der Waals surface area contributed by atoms with Gasteiger partial charge in [0.05, 0.1) is 25.9 Å². The largest absolute Gasteiger partial charge is 0.497 e. The summed E-state index contributed by atoms with van der Waals surface area (Å²) < 4.78 is 7.03. The monoisotopic (exact) mass is 378 g/mol. The summed E-state index contributed by atoms with van der Waals surface area (Å²) in [5.74, 6) is 0.330. The van der Waals surface area contributed by atoms with Gasteiger partial charge in [-0.25, -0.2) is 4.98 Å². The Bertz CT molecular complexity index is 919. The van der Waals surface area contributed by atoms with E-state index in [0.717, 1.165) is 11.3 Å². The van der Waals surface area contributed by atoms with Crippen LogP contribution in [0.3, 0.4) is 0 Å². The second kappa shape index (κ2) is 8.85. The first-order valence-electron chi connectivity index (χ1n) is 8.84. The van der Waals surface area contributed by atoms with Crippen molar-refractivity contribution in [2.75, 3.05) is 12.4 Å². The first-order chi connectivity index (χ1) is 13.5. The van der Waals surface area contributed by atoms with Crippen LogP contribution in [-0.4, -0.2) is 28.5 Å². The number of carbonyl (C=O) groups is 2. The molecule has 0 aliphatic carbocycles. The lowest BCUT2D eigenvalue weighted by molar-refractivity contribution is -0.120. The third kappa shape index (κ3) is 4.97. The molecule has 1 aromatic heterocycles. The summed E-state index contributed by atoms with van der Waals surface area (Å²) in [4.78, 5) is 28.1. The number of aromatic nitrogens is 2. The van der Waals surface area contributed by atoms with Gasteiger partial charge in [-0.15, -0.1) is 0 Å². The highest BCUT2D eigenvalue weighted by Crippen LogP contribution is 2.21. The van der Waals surface area contributed by atoms with Crippen LogP contribution in [-0.2, 0) is 9.59 Å². The summed E-state index contributed by atoms with van der Waals surface area (Å²) >= 11 is 0. The van der Waals surface area contributed by atoms with Crippen molar-refractivity contribution in [2.24, 2.45) is 0 Å². The summed E-state index contributed by atoms with van der Waals surface area (Å²) in [6, 6.07) is 14.3. The van der Waals surface area contributed by atoms with E-state index in [4.69, 9.17) is 4.74 Å². The lowest BCUT2D eigenvalue weighted by Crippen LogP contribution is -2.29. The molecule has 0 aliphatic heterocycles. The van der Waals surface area contributed by atoms with Crippen LogP contribution in [0.1, 0.15) is 24.9 Å². The molecule has 7 nitrogen and oxygen atoms in total. The fraction of sp³-hybridized carbons (Fsp3) is 0.190. The molecule has 3 rings (SSSR count). The molecule has 1 heterocycles. The molecule has 0 fully saturated rings. The predicted molar refractivity (Wildman–Crippen MR) is 106 cm³/mol. The van der Waals surface area contributed by atoms with Crippen molar-refractivity contribution >= 4 is 17.5 Å². The number of rotatable bonds is 7. The molecule has 28 heavy (non-hydrogen) atoms. The number of hydrogen-bond donors (Lipinski definition) is 2. The molecule has 0 saturated carbocycles. The van der Waals surface area contributed by atoms with Crippen LogP contribution in [0.5, 0.6) is 5.75 Å². The minimum atomic E-state index is -0.423. The first kappa shape index (κ1) is 19.2. The Morgan fingerprint density at radius 2 is 1.82 bits per heavy atom. The van der Waals surface area contributed by atoms with Gasteiger partial charge in [0, 0.05) is 30.7 Å². The zero-order chi connectivity index (χ0) is 19.9. The minimum Gasteiger partial charge on any atom is -0.497 e. The number of benzene rings is 2. The number of carbonyl (C=O) groups excluding carboxylic acids is 2. The maximum absolute atomic E-state index is 12.5. The number of nitrogens with zero attached hydrogens (tertiary/aromatic N) is 2. The molecule has 0 radical (unpaired) electrons. The van der Waals surface area contributed by atoms with Gasteiger partial charge < -0.3 is 19.9 Å². The molecule has 2 amide bonds. The number of anilines is 1. The second-order valence-corrected chi connectivity index (χ2v) is 6.30. The lowest BCUT2D eigenvalue weighted by atomic mass is 10.0. The molecule has 0 saturated heterocycles. The molecule has 1 unspecified atom stereocenters. The summed E-state index contributed by atoms with van der Waals surface area (Å²) in [6.07, 6.45) is 5.38. The van der Waals surface area contributed by atoms with E-state index < -0.39 is 6.04 Å². The molecule has 144 valence electrons. The number of nitrogens with one attached hydrogen (secondary N) is 2. The second-order valence-electron chi connectivity index (χ2n) is 6.30. The van der Waals surface area contributed by atoms with Crippen LogP contribution < -0.4 is 15.4 Å². The average Bonchev–Trinajstić information content (AvgIpc) is 3.22. The number of methoxy groups -OCH3 is 1. The summed E-state index contributed by atoms with van der Waals surface area (Å²) in [7, 11) is 1.59. The van der Waals surface area contributed by atoms with Crippen molar-refractivity contribution in [1.82, 2.24) is 14.9 Å². The van der Waals surface area contributed by atoms with Gasteiger partial charge in [-0.1, -0.05) is 12.1 Å². The molecule has 1 atom stereocenters. The van der Waals surface area contributed by atoms with Crippen molar-refractivity contribution in [1.29, 1.82) is 0 Å². The smallest absolute Gasteiger partial charge is 0.226 e. The number of imidazole rings is 1. The van der Waals surface area contributed by atoms with E-state index in [0.29, 0.717) is 11.4 Å². The SMILES string of the molecule is COc1ccc(C(CC(=O)Nc2ccc(-n3ccnc3)cc2)NC(C)=O)cc1. The molecule has 2 aromatic carbocycles. The van der Waals surface area contributed by atoms with E-state index in [1.54, 1.807) is 31.8 Å². The van der Waals surface area contributed by atoms with Crippen LogP contribution in [0.2, 0.25) is 0 Å². The Morgan fingerprint density at radius 1 is 1.11 bits per heavy atom. The summed E-state index contributed by atoms with van der Waals surface area (Å²) in [5.41, 5.74) is 2.47. The third-order valence-electron chi connectivity index (χ3n) is 4.24. The van der Waals surface area contributed by atoms with Gasteiger partial charge in [-0.3, -0.25) is 9.59 Å². The standard InChI is InChI=1S/C21H22N4O3/c1-15(26)23-20(16-3-9-19(28-2)10-4-16)13-21(27)24-17-5-7-18(8-6-17)25-12-11-22-14-25/h3-12,14,20H,13H2,1-2H3,(H,23,26)(H,24,27). The van der Waals surface area contributed by atoms with E-state index in [2.05, 4.69) is 15.6 Å². The fourth-order valence-electron chi connectivity index (χ4n) is 2.86. The zero-order valence-electron chi connectivity index (χ0n) is 15.8. The maximum Gasteiger partial charge on any atom is 0.226 e. The highest BCUT2D eigenvalue weighted by Gasteiger charge is 2.17. The molecular formula is C21H22N4O3. The zero-order valence-corrected chi connectivity index (χ0v) is 15.8. The van der Waals surface area contributed by atoms with E-state index in [9.17, 15) is 9.59 Å². The number of ether oxygens (including phenoxy) is 1. The Hall–Kier alpha value is -3.61. The van der Waals surface area contributed by atoms with Crippen LogP contribution in [0.4, 0.5) is 5.69 Å². The number of amides is 2. The van der Waals surface area contributed by atoms with Crippen molar-refractivity contribution in [3.05, 3.63) is 72.8 Å². The van der Waals surface area contributed by atoms with Crippen molar-refractivity contribution in [3.8, 4) is 11.4 Å². The Balaban J connectivity index is 1.66. The highest BCUT2D eigenvalue weighted by atomic mass is 16.5. The molecule has 2 N–H and O–H groups in total. The molecular weight excluding hydrogens is 356 g/mol. The van der Waals surface area contributed by atoms with Gasteiger partial charge in [0.2, 0.25) is 11.8 Å². The van der Waals surface area contributed by atoms with Gasteiger partial charge >= 0.3 is 0 Å². The summed E-state index contributed by atoms with van der Waals surface area (Å²) in [6.45, 7) is 1.43. The van der Waals surface area contributed by atoms with Crippen LogP contribution in [0.15, 0.2) is 67.3 Å². The van der Waals surface area contributed by atoms with Crippen molar-refractivity contribution in [3.63, 3.8) is 0 Å². The predicted octanol–water partition coefficient (Wildman–Crippen LogP) is 3.09. The average molecular weight is 378 g/mol. The van der Waals surface area contributed by atoms with Gasteiger partial charge in [0.1, 0.15) is 5.75 Å².